The van der Waals surface area contributed by atoms with Gasteiger partial charge >= 0.3 is 0 Å². The highest BCUT2D eigenvalue weighted by atomic mass is 32.1. The quantitative estimate of drug-likeness (QED) is 0.409. The van der Waals surface area contributed by atoms with Gasteiger partial charge in [-0.2, -0.15) is 20.0 Å². The lowest BCUT2D eigenvalue weighted by Crippen LogP contribution is -1.99. The number of nitrogens with one attached hydrogen (secondary N) is 2. The Balaban J connectivity index is 1.63. The Hall–Kier alpha value is -3.26. The molecule has 1 aliphatic carbocycles. The van der Waals surface area contributed by atoms with E-state index < -0.39 is 0 Å². The van der Waals surface area contributed by atoms with Crippen LogP contribution in [-0.2, 0) is 12.8 Å². The zero-order chi connectivity index (χ0) is 19.1. The number of fused-ring (bicyclic) bond motifs is 2. The largest absolute Gasteiger partial charge is 0.496 e. The number of ether oxygens (including phenoxy) is 1. The maximum absolute atomic E-state index is 5.55. The third kappa shape index (κ3) is 2.65. The molecular formula is C20H18N6OS. The van der Waals surface area contributed by atoms with Gasteiger partial charge in [0.1, 0.15) is 11.4 Å². The van der Waals surface area contributed by atoms with Gasteiger partial charge in [0.05, 0.1) is 13.3 Å². The first-order chi connectivity index (χ1) is 13.8. The van der Waals surface area contributed by atoms with E-state index in [2.05, 4.69) is 37.6 Å². The number of H-pyrrole nitrogens is 2. The lowest BCUT2D eigenvalue weighted by atomic mass is 10.0. The summed E-state index contributed by atoms with van der Waals surface area (Å²) in [6.45, 7) is 0. The van der Waals surface area contributed by atoms with E-state index in [1.165, 1.54) is 11.3 Å². The Morgan fingerprint density at radius 1 is 1.14 bits per heavy atom. The van der Waals surface area contributed by atoms with E-state index in [1.54, 1.807) is 18.0 Å². The van der Waals surface area contributed by atoms with Crippen molar-refractivity contribution in [2.45, 2.75) is 19.3 Å². The molecular weight excluding hydrogens is 372 g/mol. The first-order valence-corrected chi connectivity index (χ1v) is 9.51. The van der Waals surface area contributed by atoms with Gasteiger partial charge < -0.3 is 4.74 Å². The molecule has 2 N–H and O–H groups in total. The second-order valence-electron chi connectivity index (χ2n) is 6.69. The van der Waals surface area contributed by atoms with Crippen molar-refractivity contribution in [2.24, 2.45) is 5.10 Å². The summed E-state index contributed by atoms with van der Waals surface area (Å²) in [7, 11) is 1.66. The number of methoxy groups -OCH3 is 1. The SMILES string of the molecule is COc1ccc2ccccc2c1/C=N/n1c(-c2n[nH]c3c2CCC3)n[nH]c1=S. The maximum atomic E-state index is 5.55. The molecule has 0 saturated heterocycles. The van der Waals surface area contributed by atoms with Crippen LogP contribution >= 0.6 is 12.2 Å². The average Bonchev–Trinajstić information content (AvgIpc) is 3.42. The molecule has 0 bridgehead atoms. The summed E-state index contributed by atoms with van der Waals surface area (Å²) in [6, 6.07) is 12.1. The van der Waals surface area contributed by atoms with Crippen LogP contribution in [0.1, 0.15) is 23.2 Å². The predicted molar refractivity (Wildman–Crippen MR) is 111 cm³/mol. The van der Waals surface area contributed by atoms with E-state index in [0.29, 0.717) is 10.6 Å². The highest BCUT2D eigenvalue weighted by molar-refractivity contribution is 7.71. The summed E-state index contributed by atoms with van der Waals surface area (Å²) < 4.78 is 7.58. The third-order valence-electron chi connectivity index (χ3n) is 5.12. The van der Waals surface area contributed by atoms with Gasteiger partial charge in [0.15, 0.2) is 0 Å². The van der Waals surface area contributed by atoms with Crippen molar-refractivity contribution in [3.63, 3.8) is 0 Å². The average molecular weight is 390 g/mol. The van der Waals surface area contributed by atoms with Gasteiger partial charge in [0.25, 0.3) is 0 Å². The van der Waals surface area contributed by atoms with Crippen molar-refractivity contribution in [3.8, 4) is 17.3 Å². The van der Waals surface area contributed by atoms with E-state index >= 15 is 0 Å². The van der Waals surface area contributed by atoms with Crippen LogP contribution in [-0.4, -0.2) is 38.4 Å². The van der Waals surface area contributed by atoms with Crippen molar-refractivity contribution in [1.29, 1.82) is 0 Å². The van der Waals surface area contributed by atoms with Crippen LogP contribution in [0.25, 0.3) is 22.3 Å². The molecule has 0 fully saturated rings. The molecule has 2 aromatic carbocycles. The molecule has 0 unspecified atom stereocenters. The Bertz CT molecular complexity index is 1270. The summed E-state index contributed by atoms with van der Waals surface area (Å²) >= 11 is 5.41. The van der Waals surface area contributed by atoms with Crippen molar-refractivity contribution >= 4 is 29.2 Å². The molecule has 8 heteroatoms. The molecule has 140 valence electrons. The number of aryl methyl sites for hydroxylation is 1. The number of aromatic amines is 2. The van der Waals surface area contributed by atoms with Crippen molar-refractivity contribution < 1.29 is 4.74 Å². The Kier molecular flexibility index (Phi) is 4.05. The maximum Gasteiger partial charge on any atom is 0.216 e. The van der Waals surface area contributed by atoms with Crippen molar-refractivity contribution in [2.75, 3.05) is 7.11 Å². The lowest BCUT2D eigenvalue weighted by molar-refractivity contribution is 0.415. The van der Waals surface area contributed by atoms with E-state index in [9.17, 15) is 0 Å². The normalized spacial score (nSPS) is 13.5. The van der Waals surface area contributed by atoms with Gasteiger partial charge in [0, 0.05) is 16.8 Å². The highest BCUT2D eigenvalue weighted by Gasteiger charge is 2.23. The fraction of sp³-hybridized carbons (Fsp3) is 0.200. The van der Waals surface area contributed by atoms with Crippen LogP contribution in [0, 0.1) is 4.77 Å². The minimum Gasteiger partial charge on any atom is -0.496 e. The molecule has 7 nitrogen and oxygen atoms in total. The van der Waals surface area contributed by atoms with Gasteiger partial charge in [0.2, 0.25) is 10.6 Å². The molecule has 0 atom stereocenters. The summed E-state index contributed by atoms with van der Waals surface area (Å²) in [5.74, 6) is 1.36. The second-order valence-corrected chi connectivity index (χ2v) is 7.08. The summed E-state index contributed by atoms with van der Waals surface area (Å²) in [4.78, 5) is 0. The van der Waals surface area contributed by atoms with Crippen LogP contribution in [0.2, 0.25) is 0 Å². The molecule has 0 amide bonds. The topological polar surface area (TPSA) is 83.9 Å². The summed E-state index contributed by atoms with van der Waals surface area (Å²) in [5, 5.41) is 21.6. The zero-order valence-electron chi connectivity index (χ0n) is 15.3. The van der Waals surface area contributed by atoms with Crippen molar-refractivity contribution in [3.05, 3.63) is 58.0 Å². The van der Waals surface area contributed by atoms with Gasteiger partial charge in [-0.25, -0.2) is 5.10 Å². The second kappa shape index (κ2) is 6.72. The van der Waals surface area contributed by atoms with Crippen LogP contribution in [0.4, 0.5) is 0 Å². The van der Waals surface area contributed by atoms with E-state index in [0.717, 1.165) is 47.0 Å². The van der Waals surface area contributed by atoms with Crippen LogP contribution in [0.3, 0.4) is 0 Å². The molecule has 1 aliphatic rings. The van der Waals surface area contributed by atoms with E-state index in [1.807, 2.05) is 24.3 Å². The monoisotopic (exact) mass is 390 g/mol. The zero-order valence-corrected chi connectivity index (χ0v) is 16.1. The fourth-order valence-corrected chi connectivity index (χ4v) is 3.94. The molecule has 5 rings (SSSR count). The molecule has 2 heterocycles. The van der Waals surface area contributed by atoms with Gasteiger partial charge in [-0.05, 0) is 48.3 Å². The number of hydrogen-bond donors (Lipinski definition) is 2. The minimum atomic E-state index is 0.417. The lowest BCUT2D eigenvalue weighted by Gasteiger charge is -2.08. The third-order valence-corrected chi connectivity index (χ3v) is 5.39. The molecule has 0 spiro atoms. The van der Waals surface area contributed by atoms with E-state index in [-0.39, 0.29) is 0 Å². The predicted octanol–water partition coefficient (Wildman–Crippen LogP) is 3.86. The minimum absolute atomic E-state index is 0.417. The number of benzene rings is 2. The van der Waals surface area contributed by atoms with Crippen LogP contribution in [0.5, 0.6) is 5.75 Å². The molecule has 2 aromatic heterocycles. The summed E-state index contributed by atoms with van der Waals surface area (Å²) in [6.07, 6.45) is 4.90. The number of nitrogens with zero attached hydrogens (tertiary/aromatic N) is 4. The Morgan fingerprint density at radius 3 is 2.93 bits per heavy atom. The fourth-order valence-electron chi connectivity index (χ4n) is 3.76. The van der Waals surface area contributed by atoms with Crippen LogP contribution in [0.15, 0.2) is 41.5 Å². The number of rotatable bonds is 4. The standard InChI is InChI=1S/C20H18N6OS/c1-27-17-10-9-12-5-2-3-6-13(12)15(17)11-21-26-19(24-25-20(26)28)18-14-7-4-8-16(14)22-23-18/h2-3,5-6,9-11H,4,7-8H2,1H3,(H,22,23)(H,25,28)/b21-11+. The van der Waals surface area contributed by atoms with Crippen LogP contribution < -0.4 is 4.74 Å². The van der Waals surface area contributed by atoms with E-state index in [4.69, 9.17) is 17.0 Å². The molecule has 0 aliphatic heterocycles. The first-order valence-electron chi connectivity index (χ1n) is 9.10. The van der Waals surface area contributed by atoms with Gasteiger partial charge in [-0.3, -0.25) is 5.10 Å². The van der Waals surface area contributed by atoms with Gasteiger partial charge in [-0.15, -0.1) is 0 Å². The first kappa shape index (κ1) is 16.9. The highest BCUT2D eigenvalue weighted by Crippen LogP contribution is 2.30. The van der Waals surface area contributed by atoms with Crippen molar-refractivity contribution in [1.82, 2.24) is 25.1 Å². The summed E-state index contributed by atoms with van der Waals surface area (Å²) in [5.41, 5.74) is 4.08. The Labute approximate surface area is 166 Å². The molecule has 4 aromatic rings. The van der Waals surface area contributed by atoms with Gasteiger partial charge in [-0.1, -0.05) is 30.3 Å². The number of aromatic nitrogens is 5. The molecule has 0 radical (unpaired) electrons. The number of hydrogen-bond acceptors (Lipinski definition) is 5. The molecule has 28 heavy (non-hydrogen) atoms. The Morgan fingerprint density at radius 2 is 2.04 bits per heavy atom. The molecule has 0 saturated carbocycles. The smallest absolute Gasteiger partial charge is 0.216 e.